The van der Waals surface area contributed by atoms with Gasteiger partial charge in [0.05, 0.1) is 6.04 Å². The molecule has 0 bridgehead atoms. The third kappa shape index (κ3) is 4.50. The van der Waals surface area contributed by atoms with E-state index in [-0.39, 0.29) is 5.91 Å². The van der Waals surface area contributed by atoms with Gasteiger partial charge in [0.25, 0.3) is 0 Å². The molecule has 0 saturated heterocycles. The van der Waals surface area contributed by atoms with Gasteiger partial charge in [0.1, 0.15) is 22.1 Å². The molecule has 0 spiro atoms. The second-order valence-corrected chi connectivity index (χ2v) is 7.30. The molecule has 1 aromatic rings. The van der Waals surface area contributed by atoms with Crippen molar-refractivity contribution in [2.75, 3.05) is 5.75 Å². The zero-order valence-corrected chi connectivity index (χ0v) is 15.6. The molecule has 1 aliphatic rings. The molecule has 2 N–H and O–H groups in total. The SMILES string of the molecule is CCCC(NC(=O)C1(C)CSC(/C(C)=N/O)=N1)c1cc(C)cc(=O)o1. The van der Waals surface area contributed by atoms with Gasteiger partial charge in [0.15, 0.2) is 0 Å². The van der Waals surface area contributed by atoms with Crippen LogP contribution in [-0.2, 0) is 4.79 Å². The van der Waals surface area contributed by atoms with E-state index in [1.165, 1.54) is 17.8 Å². The van der Waals surface area contributed by atoms with Gasteiger partial charge in [0.2, 0.25) is 5.91 Å². The topological polar surface area (TPSA) is 104 Å². The molecule has 136 valence electrons. The van der Waals surface area contributed by atoms with Crippen LogP contribution >= 0.6 is 11.8 Å². The summed E-state index contributed by atoms with van der Waals surface area (Å²) >= 11 is 1.38. The van der Waals surface area contributed by atoms with Crippen LogP contribution in [0.3, 0.4) is 0 Å². The minimum absolute atomic E-state index is 0.247. The van der Waals surface area contributed by atoms with Gasteiger partial charge in [-0.1, -0.05) is 18.5 Å². The number of nitrogens with one attached hydrogen (secondary N) is 1. The van der Waals surface area contributed by atoms with Crippen LogP contribution in [-0.4, -0.2) is 33.2 Å². The maximum absolute atomic E-state index is 12.8. The number of nitrogens with zero attached hydrogens (tertiary/aromatic N) is 2. The maximum Gasteiger partial charge on any atom is 0.336 e. The Morgan fingerprint density at radius 1 is 1.56 bits per heavy atom. The summed E-state index contributed by atoms with van der Waals surface area (Å²) in [4.78, 5) is 28.8. The summed E-state index contributed by atoms with van der Waals surface area (Å²) in [5, 5.41) is 15.5. The zero-order valence-electron chi connectivity index (χ0n) is 14.8. The van der Waals surface area contributed by atoms with Crippen molar-refractivity contribution in [2.24, 2.45) is 10.1 Å². The van der Waals surface area contributed by atoms with E-state index in [4.69, 9.17) is 9.62 Å². The molecule has 0 saturated carbocycles. The van der Waals surface area contributed by atoms with Gasteiger partial charge in [-0.25, -0.2) is 4.79 Å². The molecule has 2 atom stereocenters. The second-order valence-electron chi connectivity index (χ2n) is 6.34. The van der Waals surface area contributed by atoms with E-state index in [0.717, 1.165) is 12.0 Å². The first-order valence-electron chi connectivity index (χ1n) is 8.13. The highest BCUT2D eigenvalue weighted by atomic mass is 32.2. The second kappa shape index (κ2) is 7.86. The highest BCUT2D eigenvalue weighted by Gasteiger charge is 2.40. The number of rotatable bonds is 6. The molecule has 0 aromatic carbocycles. The summed E-state index contributed by atoms with van der Waals surface area (Å²) in [5.41, 5.74) is -0.207. The van der Waals surface area contributed by atoms with Gasteiger partial charge >= 0.3 is 5.63 Å². The number of hydrogen-bond donors (Lipinski definition) is 2. The van der Waals surface area contributed by atoms with Crippen molar-refractivity contribution < 1.29 is 14.4 Å². The van der Waals surface area contributed by atoms with Crippen LogP contribution in [0.2, 0.25) is 0 Å². The minimum Gasteiger partial charge on any atom is -0.426 e. The molecule has 1 amide bonds. The Balaban J connectivity index is 2.23. The number of thioether (sulfide) groups is 1. The van der Waals surface area contributed by atoms with Crippen LogP contribution in [0.25, 0.3) is 0 Å². The summed E-state index contributed by atoms with van der Waals surface area (Å²) in [6, 6.07) is 2.79. The molecular formula is C17H23N3O4S. The molecule has 2 unspecified atom stereocenters. The summed E-state index contributed by atoms with van der Waals surface area (Å²) in [6.45, 7) is 7.18. The Bertz CT molecular complexity index is 771. The lowest BCUT2D eigenvalue weighted by atomic mass is 10.0. The van der Waals surface area contributed by atoms with Gasteiger partial charge in [0, 0.05) is 11.8 Å². The lowest BCUT2D eigenvalue weighted by molar-refractivity contribution is -0.125. The number of amides is 1. The van der Waals surface area contributed by atoms with Crippen LogP contribution in [0, 0.1) is 6.92 Å². The summed E-state index contributed by atoms with van der Waals surface area (Å²) < 4.78 is 5.28. The lowest BCUT2D eigenvalue weighted by Gasteiger charge is -2.24. The summed E-state index contributed by atoms with van der Waals surface area (Å²) in [5.74, 6) is 0.660. The number of hydrogen-bond acceptors (Lipinski definition) is 7. The fraction of sp³-hybridized carbons (Fsp3) is 0.529. The predicted molar refractivity (Wildman–Crippen MR) is 98.7 cm³/mol. The van der Waals surface area contributed by atoms with Crippen molar-refractivity contribution in [1.82, 2.24) is 5.32 Å². The number of aryl methyl sites for hydroxylation is 1. The largest absolute Gasteiger partial charge is 0.426 e. The van der Waals surface area contributed by atoms with Crippen LogP contribution in [0.5, 0.6) is 0 Å². The molecule has 7 nitrogen and oxygen atoms in total. The molecule has 2 heterocycles. The summed E-state index contributed by atoms with van der Waals surface area (Å²) in [6.07, 6.45) is 1.47. The number of carbonyl (C=O) groups is 1. The smallest absolute Gasteiger partial charge is 0.336 e. The van der Waals surface area contributed by atoms with Crippen LogP contribution in [0.1, 0.15) is 51.0 Å². The minimum atomic E-state index is -0.956. The van der Waals surface area contributed by atoms with Crippen LogP contribution in [0.15, 0.2) is 31.5 Å². The number of oxime groups is 1. The summed E-state index contributed by atoms with van der Waals surface area (Å²) in [7, 11) is 0. The van der Waals surface area contributed by atoms with Crippen LogP contribution < -0.4 is 10.9 Å². The van der Waals surface area contributed by atoms with Gasteiger partial charge in [-0.05, 0) is 38.8 Å². The Kier molecular flexibility index (Phi) is 6.05. The molecule has 0 radical (unpaired) electrons. The maximum atomic E-state index is 12.8. The standard InChI is InChI=1S/C17H23N3O4S/c1-5-6-12(13-7-10(2)8-14(21)24-13)18-16(22)17(4)9-25-15(19-17)11(3)20-23/h7-8,12,23H,5-6,9H2,1-4H3,(H,18,22)/b20-11+. The van der Waals surface area contributed by atoms with Crippen LogP contribution in [0.4, 0.5) is 0 Å². The highest BCUT2D eigenvalue weighted by molar-refractivity contribution is 8.16. The Morgan fingerprint density at radius 3 is 2.88 bits per heavy atom. The molecule has 1 aliphatic heterocycles. The van der Waals surface area contributed by atoms with Crippen molar-refractivity contribution in [3.63, 3.8) is 0 Å². The molecular weight excluding hydrogens is 342 g/mol. The van der Waals surface area contributed by atoms with Gasteiger partial charge < -0.3 is 14.9 Å². The average molecular weight is 365 g/mol. The van der Waals surface area contributed by atoms with E-state index in [1.54, 1.807) is 19.9 Å². The molecule has 8 heteroatoms. The van der Waals surface area contributed by atoms with Crippen molar-refractivity contribution >= 4 is 28.4 Å². The predicted octanol–water partition coefficient (Wildman–Crippen LogP) is 2.66. The Labute approximate surface area is 150 Å². The van der Waals surface area contributed by atoms with Gasteiger partial charge in [-0.3, -0.25) is 9.79 Å². The molecule has 0 fully saturated rings. The quantitative estimate of drug-likeness (QED) is 0.458. The molecule has 25 heavy (non-hydrogen) atoms. The third-order valence-corrected chi connectivity index (χ3v) is 5.31. The number of carbonyl (C=O) groups excluding carboxylic acids is 1. The zero-order chi connectivity index (χ0) is 18.6. The first-order chi connectivity index (χ1) is 11.8. The monoisotopic (exact) mass is 365 g/mol. The molecule has 2 rings (SSSR count). The highest BCUT2D eigenvalue weighted by Crippen LogP contribution is 2.30. The molecule has 0 aliphatic carbocycles. The van der Waals surface area contributed by atoms with Crippen molar-refractivity contribution in [1.29, 1.82) is 0 Å². The van der Waals surface area contributed by atoms with E-state index in [9.17, 15) is 9.59 Å². The number of aliphatic imine (C=N–C) groups is 1. The Hall–Kier alpha value is -2.09. The van der Waals surface area contributed by atoms with E-state index in [2.05, 4.69) is 15.5 Å². The third-order valence-electron chi connectivity index (χ3n) is 3.95. The van der Waals surface area contributed by atoms with E-state index >= 15 is 0 Å². The van der Waals surface area contributed by atoms with Crippen molar-refractivity contribution in [3.8, 4) is 0 Å². The van der Waals surface area contributed by atoms with Crippen molar-refractivity contribution in [2.45, 2.75) is 52.1 Å². The molecule has 1 aromatic heterocycles. The fourth-order valence-corrected chi connectivity index (χ4v) is 3.66. The fourth-order valence-electron chi connectivity index (χ4n) is 2.53. The normalized spacial score (nSPS) is 21.8. The van der Waals surface area contributed by atoms with Gasteiger partial charge in [-0.2, -0.15) is 0 Å². The van der Waals surface area contributed by atoms with E-state index < -0.39 is 17.2 Å². The van der Waals surface area contributed by atoms with E-state index in [0.29, 0.717) is 28.7 Å². The lowest BCUT2D eigenvalue weighted by Crippen LogP contribution is -2.45. The van der Waals surface area contributed by atoms with Crippen molar-refractivity contribution in [3.05, 3.63) is 33.9 Å². The average Bonchev–Trinajstić information content (AvgIpc) is 2.96. The first kappa shape index (κ1) is 19.2. The van der Waals surface area contributed by atoms with E-state index in [1.807, 2.05) is 13.8 Å². The Morgan fingerprint density at radius 2 is 2.28 bits per heavy atom. The first-order valence-corrected chi connectivity index (χ1v) is 9.12. The van der Waals surface area contributed by atoms with Gasteiger partial charge in [-0.15, -0.1) is 11.8 Å².